The van der Waals surface area contributed by atoms with Crippen molar-refractivity contribution >= 4 is 23.9 Å². The van der Waals surface area contributed by atoms with Crippen LogP contribution in [0.4, 0.5) is 0 Å². The molecule has 19 nitrogen and oxygen atoms in total. The summed E-state index contributed by atoms with van der Waals surface area (Å²) in [5.74, 6) is -17.9. The number of aliphatic carboxylic acids is 1. The summed E-state index contributed by atoms with van der Waals surface area (Å²) in [4.78, 5) is 51.3. The lowest BCUT2D eigenvalue weighted by Crippen LogP contribution is -2.52. The highest BCUT2D eigenvalue weighted by Gasteiger charge is 2.44. The van der Waals surface area contributed by atoms with Gasteiger partial charge < -0.3 is 75.5 Å². The number of benzene rings is 3. The normalized spacial score (nSPS) is 17.7. The molecule has 4 rings (SSSR count). The lowest BCUT2D eigenvalue weighted by molar-refractivity contribution is -0.165. The molecule has 46 heavy (non-hydrogen) atoms. The lowest BCUT2D eigenvalue weighted by Gasteiger charge is -2.31. The molecule has 1 heterocycles. The van der Waals surface area contributed by atoms with E-state index in [1.54, 1.807) is 0 Å². The predicted molar refractivity (Wildman–Crippen MR) is 142 cm³/mol. The third-order valence-corrected chi connectivity index (χ3v) is 6.66. The van der Waals surface area contributed by atoms with Crippen LogP contribution in [-0.2, 0) is 19.0 Å². The first-order valence-electron chi connectivity index (χ1n) is 12.4. The highest BCUT2D eigenvalue weighted by molar-refractivity contribution is 6.08. The van der Waals surface area contributed by atoms with Crippen molar-refractivity contribution in [1.29, 1.82) is 0 Å². The molecule has 0 amide bonds. The zero-order valence-corrected chi connectivity index (χ0v) is 22.6. The first kappa shape index (κ1) is 32.6. The number of rotatable bonds is 5. The minimum atomic E-state index is -2.79. The first-order chi connectivity index (χ1) is 21.5. The van der Waals surface area contributed by atoms with E-state index in [1.165, 1.54) is 0 Å². The van der Waals surface area contributed by atoms with Gasteiger partial charge in [0.15, 0.2) is 58.6 Å². The van der Waals surface area contributed by atoms with Crippen molar-refractivity contribution in [2.45, 2.75) is 24.4 Å². The van der Waals surface area contributed by atoms with Crippen LogP contribution in [0.3, 0.4) is 0 Å². The molecule has 0 bridgehead atoms. The highest BCUT2D eigenvalue weighted by atomic mass is 16.6. The van der Waals surface area contributed by atoms with E-state index in [2.05, 4.69) is 0 Å². The molecule has 4 atom stereocenters. The molecule has 19 heteroatoms. The molecule has 0 radical (unpaired) electrons. The molecule has 12 N–H and O–H groups in total. The summed E-state index contributed by atoms with van der Waals surface area (Å²) in [6, 6.07) is 2.05. The molecular formula is C27H22O19. The molecular weight excluding hydrogens is 628 g/mol. The topological polar surface area (TPSA) is 339 Å². The standard InChI is InChI=1S/C27H22O19/c28-9-1-6(2-10(29)16(9)32)25(41)45-13-5-44-26(42)7-3-11(30)17(33)19(35)14(7)15-8(4-12(31)18(34)20(15)36)27(43)46-23(13)21(37)22(38)24(39)40/h1-4,13,21-23,28-38H,5H2,(H,39,40)/t13-,21-,22-,23-/m1/s1. The second-order valence-electron chi connectivity index (χ2n) is 9.58. The smallest absolute Gasteiger partial charge is 0.339 e. The summed E-state index contributed by atoms with van der Waals surface area (Å²) >= 11 is 0. The third-order valence-electron chi connectivity index (χ3n) is 6.66. The SMILES string of the molecule is O=C(O[C@@H]1COC(=O)c2cc(O)c(O)c(O)c2-c2c(cc(O)c(O)c2O)C(=O)O[C@H]1[C@H](O)[C@@H](O)C(=O)O)c1cc(O)c(O)c(O)c1. The molecule has 1 aliphatic heterocycles. The van der Waals surface area contributed by atoms with Crippen molar-refractivity contribution in [2.24, 2.45) is 0 Å². The van der Waals surface area contributed by atoms with Gasteiger partial charge in [0.25, 0.3) is 0 Å². The van der Waals surface area contributed by atoms with E-state index < -0.39 is 134 Å². The molecule has 244 valence electrons. The zero-order valence-electron chi connectivity index (χ0n) is 22.6. The van der Waals surface area contributed by atoms with Gasteiger partial charge >= 0.3 is 23.9 Å². The molecule has 0 aromatic heterocycles. The van der Waals surface area contributed by atoms with Crippen molar-refractivity contribution < 1.29 is 94.7 Å². The van der Waals surface area contributed by atoms with E-state index in [0.29, 0.717) is 24.3 Å². The summed E-state index contributed by atoms with van der Waals surface area (Å²) < 4.78 is 15.3. The van der Waals surface area contributed by atoms with Crippen molar-refractivity contribution in [3.63, 3.8) is 0 Å². The molecule has 3 aromatic carbocycles. The minimum absolute atomic E-state index is 0.406. The monoisotopic (exact) mass is 650 g/mol. The number of carbonyl (C=O) groups is 4. The average molecular weight is 650 g/mol. The van der Waals surface area contributed by atoms with Crippen LogP contribution in [-0.4, -0.2) is 116 Å². The number of fused-ring (bicyclic) bond motifs is 3. The van der Waals surface area contributed by atoms with Gasteiger partial charge in [0.2, 0.25) is 11.5 Å². The Balaban J connectivity index is 1.96. The van der Waals surface area contributed by atoms with Crippen LogP contribution in [0.1, 0.15) is 31.1 Å². The van der Waals surface area contributed by atoms with Crippen LogP contribution in [0.25, 0.3) is 11.1 Å². The van der Waals surface area contributed by atoms with Crippen molar-refractivity contribution in [3.8, 4) is 62.9 Å². The van der Waals surface area contributed by atoms with Crippen molar-refractivity contribution in [1.82, 2.24) is 0 Å². The Labute approximate surface area is 253 Å². The fraction of sp³-hybridized carbons (Fsp3) is 0.185. The molecule has 0 unspecified atom stereocenters. The number of aliphatic hydroxyl groups excluding tert-OH is 2. The number of aliphatic hydroxyl groups is 2. The number of cyclic esters (lactones) is 2. The van der Waals surface area contributed by atoms with E-state index in [-0.39, 0.29) is 0 Å². The molecule has 0 saturated carbocycles. The van der Waals surface area contributed by atoms with Crippen LogP contribution < -0.4 is 0 Å². The number of carbonyl (C=O) groups excluding carboxylic acids is 3. The van der Waals surface area contributed by atoms with Gasteiger partial charge in [0.05, 0.1) is 16.7 Å². The summed E-state index contributed by atoms with van der Waals surface area (Å²) in [6.07, 6.45) is -10.3. The Hall–Kier alpha value is -6.34. The number of aromatic hydroxyl groups is 9. The summed E-state index contributed by atoms with van der Waals surface area (Å²) in [5.41, 5.74) is -4.75. The van der Waals surface area contributed by atoms with Crippen LogP contribution in [0.2, 0.25) is 0 Å². The van der Waals surface area contributed by atoms with Gasteiger partial charge in [-0.25, -0.2) is 19.2 Å². The van der Waals surface area contributed by atoms with Gasteiger partial charge in [0, 0.05) is 11.1 Å². The van der Waals surface area contributed by atoms with E-state index in [9.17, 15) is 80.5 Å². The van der Waals surface area contributed by atoms with Crippen LogP contribution in [0, 0.1) is 0 Å². The molecule has 1 aliphatic rings. The Bertz CT molecular complexity index is 1760. The number of carboxylic acid groups (broad SMARTS) is 1. The molecule has 0 spiro atoms. The second kappa shape index (κ2) is 12.0. The molecule has 3 aromatic rings. The fourth-order valence-corrected chi connectivity index (χ4v) is 4.35. The summed E-state index contributed by atoms with van der Waals surface area (Å²) in [7, 11) is 0. The van der Waals surface area contributed by atoms with Gasteiger partial charge in [-0.05, 0) is 24.3 Å². The molecule has 0 aliphatic carbocycles. The Morgan fingerprint density at radius 3 is 1.63 bits per heavy atom. The number of phenols is 9. The average Bonchev–Trinajstić information content (AvgIpc) is 3.01. The highest BCUT2D eigenvalue weighted by Crippen LogP contribution is 2.52. The quantitative estimate of drug-likeness (QED) is 0.0934. The third kappa shape index (κ3) is 5.65. The van der Waals surface area contributed by atoms with E-state index in [0.717, 1.165) is 0 Å². The minimum Gasteiger partial charge on any atom is -0.504 e. The summed E-state index contributed by atoms with van der Waals surface area (Å²) in [6.45, 7) is -1.29. The Morgan fingerprint density at radius 1 is 0.696 bits per heavy atom. The van der Waals surface area contributed by atoms with Gasteiger partial charge in [-0.1, -0.05) is 0 Å². The first-order valence-corrected chi connectivity index (χ1v) is 12.4. The van der Waals surface area contributed by atoms with Crippen LogP contribution in [0.5, 0.6) is 51.7 Å². The van der Waals surface area contributed by atoms with E-state index in [4.69, 9.17) is 14.2 Å². The van der Waals surface area contributed by atoms with Gasteiger partial charge in [-0.2, -0.15) is 0 Å². The Kier molecular flexibility index (Phi) is 8.48. The van der Waals surface area contributed by atoms with Crippen molar-refractivity contribution in [3.05, 3.63) is 41.0 Å². The van der Waals surface area contributed by atoms with Crippen LogP contribution in [0.15, 0.2) is 24.3 Å². The maximum absolute atomic E-state index is 13.5. The van der Waals surface area contributed by atoms with E-state index >= 15 is 0 Å². The van der Waals surface area contributed by atoms with Gasteiger partial charge in [-0.15, -0.1) is 0 Å². The fourth-order valence-electron chi connectivity index (χ4n) is 4.35. The predicted octanol–water partition coefficient (Wildman–Crippen LogP) is -0.568. The van der Waals surface area contributed by atoms with Gasteiger partial charge in [0.1, 0.15) is 12.7 Å². The zero-order chi connectivity index (χ0) is 34.4. The number of ether oxygens (including phenoxy) is 3. The maximum atomic E-state index is 13.5. The van der Waals surface area contributed by atoms with Crippen LogP contribution >= 0.6 is 0 Å². The number of phenolic OH excluding ortho intramolecular Hbond substituents is 9. The largest absolute Gasteiger partial charge is 0.504 e. The summed E-state index contributed by atoms with van der Waals surface area (Å²) in [5, 5.41) is 121. The molecule has 0 saturated heterocycles. The number of esters is 3. The van der Waals surface area contributed by atoms with Gasteiger partial charge in [-0.3, -0.25) is 0 Å². The maximum Gasteiger partial charge on any atom is 0.339 e. The number of hydrogen-bond acceptors (Lipinski definition) is 18. The second-order valence-corrected chi connectivity index (χ2v) is 9.58. The van der Waals surface area contributed by atoms with E-state index in [1.807, 2.05) is 0 Å². The number of hydrogen-bond donors (Lipinski definition) is 12. The Morgan fingerprint density at radius 2 is 1.15 bits per heavy atom. The lowest BCUT2D eigenvalue weighted by atomic mass is 9.92. The van der Waals surface area contributed by atoms with Crippen molar-refractivity contribution in [2.75, 3.05) is 6.61 Å². The molecule has 0 fully saturated rings. The number of carboxylic acids is 1.